The Morgan fingerprint density at radius 1 is 1.44 bits per heavy atom. The molecule has 1 atom stereocenters. The maximum atomic E-state index is 12.2. The molecule has 0 aliphatic carbocycles. The highest BCUT2D eigenvalue weighted by atomic mass is 32.2. The molecule has 0 radical (unpaired) electrons. The fraction of sp³-hybridized carbons (Fsp3) is 1.00. The van der Waals surface area contributed by atoms with Gasteiger partial charge >= 0.3 is 0 Å². The van der Waals surface area contributed by atoms with Crippen molar-refractivity contribution < 1.29 is 13.2 Å². The van der Waals surface area contributed by atoms with Crippen molar-refractivity contribution in [1.82, 2.24) is 4.31 Å². The second kappa shape index (κ2) is 5.95. The van der Waals surface area contributed by atoms with Crippen LogP contribution in [0.1, 0.15) is 26.2 Å². The van der Waals surface area contributed by atoms with Gasteiger partial charge in [-0.2, -0.15) is 0 Å². The Morgan fingerprint density at radius 2 is 2.00 bits per heavy atom. The molecule has 1 rings (SSSR count). The lowest BCUT2D eigenvalue weighted by atomic mass is 10.1. The first kappa shape index (κ1) is 13.9. The third-order valence-corrected chi connectivity index (χ3v) is 5.72. The Bertz CT molecular complexity index is 295. The molecule has 0 aromatic rings. The Morgan fingerprint density at radius 3 is 2.44 bits per heavy atom. The van der Waals surface area contributed by atoms with Gasteiger partial charge in [0.2, 0.25) is 10.0 Å². The molecule has 0 amide bonds. The van der Waals surface area contributed by atoms with Crippen LogP contribution in [0.2, 0.25) is 0 Å². The SMILES string of the molecule is CCC(CN)S(=O)(=O)N(C)C1CCOCC1. The molecule has 0 bridgehead atoms. The van der Waals surface area contributed by atoms with E-state index in [1.54, 1.807) is 7.05 Å². The second-order valence-corrected chi connectivity index (χ2v) is 6.44. The van der Waals surface area contributed by atoms with Gasteiger partial charge in [-0.3, -0.25) is 0 Å². The van der Waals surface area contributed by atoms with Crippen LogP contribution in [0, 0.1) is 0 Å². The molecule has 16 heavy (non-hydrogen) atoms. The van der Waals surface area contributed by atoms with Crippen LogP contribution < -0.4 is 5.73 Å². The maximum Gasteiger partial charge on any atom is 0.218 e. The summed E-state index contributed by atoms with van der Waals surface area (Å²) in [5.41, 5.74) is 5.51. The quantitative estimate of drug-likeness (QED) is 0.754. The summed E-state index contributed by atoms with van der Waals surface area (Å²) in [6.45, 7) is 3.33. The first-order chi connectivity index (χ1) is 7.54. The molecule has 1 aliphatic rings. The second-order valence-electron chi connectivity index (χ2n) is 4.17. The number of ether oxygens (including phenoxy) is 1. The standard InChI is InChI=1S/C10H22N2O3S/c1-3-10(8-11)16(13,14)12(2)9-4-6-15-7-5-9/h9-10H,3-8,11H2,1-2H3. The van der Waals surface area contributed by atoms with Crippen molar-refractivity contribution in [2.75, 3.05) is 26.8 Å². The van der Waals surface area contributed by atoms with Crippen LogP contribution in [0.4, 0.5) is 0 Å². The Kier molecular flexibility index (Phi) is 5.17. The summed E-state index contributed by atoms with van der Waals surface area (Å²) in [6, 6.07) is 0.0688. The lowest BCUT2D eigenvalue weighted by Gasteiger charge is -2.32. The van der Waals surface area contributed by atoms with E-state index in [2.05, 4.69) is 0 Å². The Balaban J connectivity index is 2.73. The average Bonchev–Trinajstić information content (AvgIpc) is 2.30. The molecule has 2 N–H and O–H groups in total. The summed E-state index contributed by atoms with van der Waals surface area (Å²) < 4.78 is 31.1. The van der Waals surface area contributed by atoms with Crippen molar-refractivity contribution in [3.8, 4) is 0 Å². The maximum absolute atomic E-state index is 12.2. The van der Waals surface area contributed by atoms with E-state index in [0.29, 0.717) is 19.6 Å². The van der Waals surface area contributed by atoms with Crippen molar-refractivity contribution in [3.63, 3.8) is 0 Å². The highest BCUT2D eigenvalue weighted by Gasteiger charge is 2.32. The number of nitrogens with two attached hydrogens (primary N) is 1. The van der Waals surface area contributed by atoms with E-state index in [0.717, 1.165) is 12.8 Å². The monoisotopic (exact) mass is 250 g/mol. The van der Waals surface area contributed by atoms with Crippen LogP contribution in [-0.2, 0) is 14.8 Å². The topological polar surface area (TPSA) is 72.6 Å². The summed E-state index contributed by atoms with van der Waals surface area (Å²) in [5, 5.41) is -0.458. The van der Waals surface area contributed by atoms with Gasteiger partial charge < -0.3 is 10.5 Å². The molecule has 0 spiro atoms. The van der Waals surface area contributed by atoms with Crippen molar-refractivity contribution >= 4 is 10.0 Å². The Labute approximate surface area is 98.0 Å². The predicted octanol–water partition coefficient (Wildman–Crippen LogP) is 0.164. The smallest absolute Gasteiger partial charge is 0.218 e. The highest BCUT2D eigenvalue weighted by Crippen LogP contribution is 2.19. The number of hydrogen-bond acceptors (Lipinski definition) is 4. The molecule has 0 aromatic carbocycles. The van der Waals surface area contributed by atoms with Crippen molar-refractivity contribution in [2.45, 2.75) is 37.5 Å². The van der Waals surface area contributed by atoms with Gasteiger partial charge in [-0.15, -0.1) is 0 Å². The van der Waals surface area contributed by atoms with Crippen LogP contribution in [0.5, 0.6) is 0 Å². The zero-order valence-corrected chi connectivity index (χ0v) is 10.9. The zero-order chi connectivity index (χ0) is 12.2. The molecule has 1 fully saturated rings. The number of hydrogen-bond donors (Lipinski definition) is 1. The molecular formula is C10H22N2O3S. The molecule has 1 unspecified atom stereocenters. The van der Waals surface area contributed by atoms with Gasteiger partial charge in [0.25, 0.3) is 0 Å². The largest absolute Gasteiger partial charge is 0.381 e. The summed E-state index contributed by atoms with van der Waals surface area (Å²) in [5.74, 6) is 0. The lowest BCUT2D eigenvalue weighted by Crippen LogP contribution is -2.46. The normalized spacial score (nSPS) is 21.2. The van der Waals surface area contributed by atoms with E-state index in [1.165, 1.54) is 4.31 Å². The number of sulfonamides is 1. The van der Waals surface area contributed by atoms with Crippen LogP contribution in [-0.4, -0.2) is 50.8 Å². The molecule has 1 aliphatic heterocycles. The first-order valence-corrected chi connectivity index (χ1v) is 7.29. The van der Waals surface area contributed by atoms with Crippen molar-refractivity contribution in [2.24, 2.45) is 5.73 Å². The highest BCUT2D eigenvalue weighted by molar-refractivity contribution is 7.89. The summed E-state index contributed by atoms with van der Waals surface area (Å²) >= 11 is 0. The third-order valence-electron chi connectivity index (χ3n) is 3.25. The van der Waals surface area contributed by atoms with Crippen LogP contribution >= 0.6 is 0 Å². The molecule has 1 saturated heterocycles. The summed E-state index contributed by atoms with van der Waals surface area (Å²) in [4.78, 5) is 0. The lowest BCUT2D eigenvalue weighted by molar-refractivity contribution is 0.0630. The van der Waals surface area contributed by atoms with E-state index >= 15 is 0 Å². The molecular weight excluding hydrogens is 228 g/mol. The molecule has 5 nitrogen and oxygen atoms in total. The van der Waals surface area contributed by atoms with Crippen molar-refractivity contribution in [1.29, 1.82) is 0 Å². The summed E-state index contributed by atoms with van der Waals surface area (Å²) in [6.07, 6.45) is 2.11. The van der Waals surface area contributed by atoms with E-state index in [4.69, 9.17) is 10.5 Å². The molecule has 1 heterocycles. The third kappa shape index (κ3) is 2.94. The van der Waals surface area contributed by atoms with Crippen LogP contribution in [0.25, 0.3) is 0 Å². The fourth-order valence-corrected chi connectivity index (χ4v) is 3.75. The summed E-state index contributed by atoms with van der Waals surface area (Å²) in [7, 11) is -1.59. The minimum Gasteiger partial charge on any atom is -0.381 e. The minimum atomic E-state index is -3.25. The number of nitrogens with zero attached hydrogens (tertiary/aromatic N) is 1. The molecule has 96 valence electrons. The van der Waals surface area contributed by atoms with Crippen LogP contribution in [0.3, 0.4) is 0 Å². The molecule has 0 aromatic heterocycles. The zero-order valence-electron chi connectivity index (χ0n) is 10.1. The molecule has 6 heteroatoms. The van der Waals surface area contributed by atoms with Gasteiger partial charge in [0.05, 0.1) is 5.25 Å². The van der Waals surface area contributed by atoms with Gasteiger partial charge in [-0.05, 0) is 19.3 Å². The minimum absolute atomic E-state index is 0.0688. The van der Waals surface area contributed by atoms with Crippen molar-refractivity contribution in [3.05, 3.63) is 0 Å². The van der Waals surface area contributed by atoms with E-state index < -0.39 is 15.3 Å². The molecule has 0 saturated carbocycles. The van der Waals surface area contributed by atoms with E-state index in [-0.39, 0.29) is 12.6 Å². The van der Waals surface area contributed by atoms with E-state index in [9.17, 15) is 8.42 Å². The number of rotatable bonds is 5. The van der Waals surface area contributed by atoms with Gasteiger partial charge in [-0.25, -0.2) is 12.7 Å². The van der Waals surface area contributed by atoms with Gasteiger partial charge in [0.1, 0.15) is 0 Å². The Hall–Kier alpha value is -0.170. The first-order valence-electron chi connectivity index (χ1n) is 5.78. The fourth-order valence-electron chi connectivity index (χ4n) is 1.99. The van der Waals surface area contributed by atoms with Gasteiger partial charge in [0, 0.05) is 32.8 Å². The van der Waals surface area contributed by atoms with Gasteiger partial charge in [-0.1, -0.05) is 6.92 Å². The predicted molar refractivity (Wildman–Crippen MR) is 63.7 cm³/mol. The average molecular weight is 250 g/mol. The van der Waals surface area contributed by atoms with Gasteiger partial charge in [0.15, 0.2) is 0 Å². The van der Waals surface area contributed by atoms with E-state index in [1.807, 2.05) is 6.92 Å². The van der Waals surface area contributed by atoms with Crippen LogP contribution in [0.15, 0.2) is 0 Å².